The van der Waals surface area contributed by atoms with Crippen LogP contribution in [-0.4, -0.2) is 13.7 Å². The molecule has 0 amide bonds. The molecule has 0 aromatic heterocycles. The molecule has 0 aliphatic rings. The molecule has 0 aliphatic heterocycles. The molecule has 0 unspecified atom stereocenters. The highest BCUT2D eigenvalue weighted by atomic mass is 16.5. The molecule has 0 saturated heterocycles. The molecule has 5 heteroatoms. The van der Waals surface area contributed by atoms with Crippen LogP contribution in [0.25, 0.3) is 16.5 Å². The number of azide groups is 1. The van der Waals surface area contributed by atoms with Gasteiger partial charge in [0.2, 0.25) is 0 Å². The fraction of sp³-hybridized carbons (Fsp3) is 0.200. The molecule has 1 rings (SSSR count). The van der Waals surface area contributed by atoms with Crippen molar-refractivity contribution in [3.63, 3.8) is 0 Å². The summed E-state index contributed by atoms with van der Waals surface area (Å²) in [6.07, 6.45) is 3.56. The molecule has 0 radical (unpaired) electrons. The van der Waals surface area contributed by atoms with E-state index in [1.165, 1.54) is 0 Å². The van der Waals surface area contributed by atoms with E-state index in [-0.39, 0.29) is 0 Å². The monoisotopic (exact) mass is 204 g/mol. The Kier molecular flexibility index (Phi) is 4.06. The number of nitrogen functional groups attached to an aromatic ring is 1. The third-order valence-electron chi connectivity index (χ3n) is 1.80. The first-order valence-corrected chi connectivity index (χ1v) is 4.39. The van der Waals surface area contributed by atoms with Crippen molar-refractivity contribution >= 4 is 11.8 Å². The number of nitrogens with two attached hydrogens (primary N) is 1. The summed E-state index contributed by atoms with van der Waals surface area (Å²) >= 11 is 0. The standard InChI is InChI=1S/C10H12N4O/c1-15-10-5-4-9(11)7-8(10)3-2-6-13-14-12/h2-5,7H,6,11H2,1H3. The molecule has 0 fully saturated rings. The van der Waals surface area contributed by atoms with E-state index >= 15 is 0 Å². The quantitative estimate of drug-likeness (QED) is 0.354. The Labute approximate surface area is 87.8 Å². The fourth-order valence-corrected chi connectivity index (χ4v) is 1.15. The Bertz CT molecular complexity index is 408. The van der Waals surface area contributed by atoms with Crippen LogP contribution in [-0.2, 0) is 0 Å². The number of ether oxygens (including phenoxy) is 1. The molecule has 1 aromatic rings. The Morgan fingerprint density at radius 3 is 3.07 bits per heavy atom. The van der Waals surface area contributed by atoms with Crippen LogP contribution in [0.5, 0.6) is 5.75 Å². The van der Waals surface area contributed by atoms with Crippen molar-refractivity contribution in [3.05, 3.63) is 40.3 Å². The summed E-state index contributed by atoms with van der Waals surface area (Å²) in [5, 5.41) is 3.39. The lowest BCUT2D eigenvalue weighted by Gasteiger charge is -2.04. The summed E-state index contributed by atoms with van der Waals surface area (Å²) in [6, 6.07) is 5.36. The van der Waals surface area contributed by atoms with E-state index in [0.29, 0.717) is 12.2 Å². The van der Waals surface area contributed by atoms with E-state index in [1.807, 2.05) is 6.08 Å². The molecule has 5 nitrogen and oxygen atoms in total. The van der Waals surface area contributed by atoms with Gasteiger partial charge < -0.3 is 10.5 Å². The summed E-state index contributed by atoms with van der Waals surface area (Å²) in [4.78, 5) is 2.64. The molecular weight excluding hydrogens is 192 g/mol. The lowest BCUT2D eigenvalue weighted by molar-refractivity contribution is 0.414. The number of hydrogen-bond acceptors (Lipinski definition) is 3. The van der Waals surface area contributed by atoms with Gasteiger partial charge in [-0.15, -0.1) is 0 Å². The molecule has 2 N–H and O–H groups in total. The highest BCUT2D eigenvalue weighted by molar-refractivity contribution is 5.62. The van der Waals surface area contributed by atoms with Crippen molar-refractivity contribution in [1.29, 1.82) is 0 Å². The predicted octanol–water partition coefficient (Wildman–Crippen LogP) is 2.60. The van der Waals surface area contributed by atoms with Crippen LogP contribution < -0.4 is 10.5 Å². The van der Waals surface area contributed by atoms with Crippen molar-refractivity contribution in [1.82, 2.24) is 0 Å². The Hall–Kier alpha value is -2.13. The minimum Gasteiger partial charge on any atom is -0.496 e. The van der Waals surface area contributed by atoms with Crippen LogP contribution in [0.15, 0.2) is 29.4 Å². The second kappa shape index (κ2) is 5.57. The van der Waals surface area contributed by atoms with Gasteiger partial charge in [-0.3, -0.25) is 0 Å². The van der Waals surface area contributed by atoms with Gasteiger partial charge in [-0.1, -0.05) is 17.3 Å². The first kappa shape index (κ1) is 10.9. The van der Waals surface area contributed by atoms with Crippen LogP contribution in [0.1, 0.15) is 5.56 Å². The van der Waals surface area contributed by atoms with Gasteiger partial charge in [-0.05, 0) is 23.7 Å². The predicted molar refractivity (Wildman–Crippen MR) is 60.5 cm³/mol. The minimum absolute atomic E-state index is 0.314. The third-order valence-corrected chi connectivity index (χ3v) is 1.80. The number of hydrogen-bond donors (Lipinski definition) is 1. The first-order valence-electron chi connectivity index (χ1n) is 4.39. The van der Waals surface area contributed by atoms with Crippen LogP contribution in [0.3, 0.4) is 0 Å². The number of benzene rings is 1. The topological polar surface area (TPSA) is 84.0 Å². The number of nitrogens with zero attached hydrogens (tertiary/aromatic N) is 3. The van der Waals surface area contributed by atoms with Crippen molar-refractivity contribution in [3.8, 4) is 5.75 Å². The van der Waals surface area contributed by atoms with Gasteiger partial charge in [0.05, 0.1) is 7.11 Å². The molecule has 15 heavy (non-hydrogen) atoms. The maximum absolute atomic E-state index is 8.09. The molecule has 0 spiro atoms. The van der Waals surface area contributed by atoms with Gasteiger partial charge in [-0.2, -0.15) is 0 Å². The summed E-state index contributed by atoms with van der Waals surface area (Å²) in [5.41, 5.74) is 15.3. The molecule has 78 valence electrons. The summed E-state index contributed by atoms with van der Waals surface area (Å²) in [5.74, 6) is 0.737. The molecule has 0 saturated carbocycles. The highest BCUT2D eigenvalue weighted by Crippen LogP contribution is 2.22. The maximum atomic E-state index is 8.09. The fourth-order valence-electron chi connectivity index (χ4n) is 1.15. The molecule has 0 bridgehead atoms. The summed E-state index contributed by atoms with van der Waals surface area (Å²) in [7, 11) is 1.59. The van der Waals surface area contributed by atoms with Crippen molar-refractivity contribution in [2.24, 2.45) is 5.11 Å². The number of anilines is 1. The largest absolute Gasteiger partial charge is 0.496 e. The van der Waals surface area contributed by atoms with E-state index in [2.05, 4.69) is 10.0 Å². The third kappa shape index (κ3) is 3.25. The van der Waals surface area contributed by atoms with Gasteiger partial charge in [0.25, 0.3) is 0 Å². The maximum Gasteiger partial charge on any atom is 0.126 e. The molecule has 0 aliphatic carbocycles. The first-order chi connectivity index (χ1) is 7.27. The zero-order valence-corrected chi connectivity index (χ0v) is 8.42. The van der Waals surface area contributed by atoms with E-state index in [0.717, 1.165) is 11.3 Å². The van der Waals surface area contributed by atoms with Crippen LogP contribution >= 0.6 is 0 Å². The zero-order valence-electron chi connectivity index (χ0n) is 8.42. The van der Waals surface area contributed by atoms with Gasteiger partial charge in [0.15, 0.2) is 0 Å². The highest BCUT2D eigenvalue weighted by Gasteiger charge is 1.98. The number of rotatable bonds is 4. The lowest BCUT2D eigenvalue weighted by Crippen LogP contribution is -1.90. The average Bonchev–Trinajstić information content (AvgIpc) is 2.25. The van der Waals surface area contributed by atoms with E-state index in [9.17, 15) is 0 Å². The van der Waals surface area contributed by atoms with Crippen LogP contribution in [0, 0.1) is 0 Å². The molecule has 0 heterocycles. The van der Waals surface area contributed by atoms with Crippen LogP contribution in [0.2, 0.25) is 0 Å². The van der Waals surface area contributed by atoms with Gasteiger partial charge in [0.1, 0.15) is 5.75 Å². The van der Waals surface area contributed by atoms with Gasteiger partial charge in [0, 0.05) is 22.7 Å². The Balaban J connectivity index is 2.86. The van der Waals surface area contributed by atoms with E-state index < -0.39 is 0 Å². The number of methoxy groups -OCH3 is 1. The second-order valence-electron chi connectivity index (χ2n) is 2.82. The normalized spacial score (nSPS) is 9.93. The zero-order chi connectivity index (χ0) is 11.1. The summed E-state index contributed by atoms with van der Waals surface area (Å²) < 4.78 is 5.15. The van der Waals surface area contributed by atoms with Gasteiger partial charge >= 0.3 is 0 Å². The smallest absolute Gasteiger partial charge is 0.126 e. The van der Waals surface area contributed by atoms with Crippen LogP contribution in [0.4, 0.5) is 5.69 Å². The minimum atomic E-state index is 0.314. The van der Waals surface area contributed by atoms with Crippen molar-refractivity contribution in [2.45, 2.75) is 0 Å². The van der Waals surface area contributed by atoms with E-state index in [4.69, 9.17) is 16.0 Å². The van der Waals surface area contributed by atoms with E-state index in [1.54, 1.807) is 31.4 Å². The van der Waals surface area contributed by atoms with Crippen molar-refractivity contribution < 1.29 is 4.74 Å². The molecule has 0 atom stereocenters. The van der Waals surface area contributed by atoms with Gasteiger partial charge in [-0.25, -0.2) is 0 Å². The SMILES string of the molecule is COc1ccc(N)cc1C=CCN=[N+]=[N-]. The Morgan fingerprint density at radius 2 is 2.40 bits per heavy atom. The van der Waals surface area contributed by atoms with Crippen molar-refractivity contribution in [2.75, 3.05) is 19.4 Å². The molecular formula is C10H12N4O. The lowest BCUT2D eigenvalue weighted by atomic mass is 10.1. The Morgan fingerprint density at radius 1 is 1.60 bits per heavy atom. The summed E-state index contributed by atoms with van der Waals surface area (Å²) in [6.45, 7) is 0.314. The second-order valence-corrected chi connectivity index (χ2v) is 2.82. The molecule has 1 aromatic carbocycles. The average molecular weight is 204 g/mol.